The van der Waals surface area contributed by atoms with Crippen LogP contribution < -0.4 is 10.6 Å². The number of hydrogen-bond donors (Lipinski definition) is 3. The van der Waals surface area contributed by atoms with Crippen LogP contribution in [0, 0.1) is 5.41 Å². The van der Waals surface area contributed by atoms with Crippen molar-refractivity contribution in [3.05, 3.63) is 0 Å². The predicted octanol–water partition coefficient (Wildman–Crippen LogP) is 0.964. The lowest BCUT2D eigenvalue weighted by molar-refractivity contribution is -0.146. The number of carboxylic acid groups (broad SMARTS) is 1. The number of rotatable bonds is 6. The molecule has 0 atom stereocenters. The van der Waals surface area contributed by atoms with Crippen LogP contribution in [0.5, 0.6) is 0 Å². The van der Waals surface area contributed by atoms with Crippen LogP contribution in [-0.4, -0.2) is 42.4 Å². The van der Waals surface area contributed by atoms with Crippen LogP contribution in [0.15, 0.2) is 0 Å². The first-order valence-electron chi connectivity index (χ1n) is 6.24. The number of ether oxygens (including phenoxy) is 1. The van der Waals surface area contributed by atoms with Crippen molar-refractivity contribution in [3.8, 4) is 0 Å². The molecule has 1 saturated carbocycles. The molecule has 6 heteroatoms. The number of carboxylic acids is 1. The van der Waals surface area contributed by atoms with Crippen molar-refractivity contribution in [3.63, 3.8) is 0 Å². The van der Waals surface area contributed by atoms with E-state index in [0.29, 0.717) is 6.61 Å². The third kappa shape index (κ3) is 4.18. The Kier molecular flexibility index (Phi) is 4.95. The average molecular weight is 258 g/mol. The van der Waals surface area contributed by atoms with E-state index in [4.69, 9.17) is 9.84 Å². The lowest BCUT2D eigenvalue weighted by Gasteiger charge is -2.35. The summed E-state index contributed by atoms with van der Waals surface area (Å²) in [6.07, 6.45) is 1.89. The first-order valence-corrected chi connectivity index (χ1v) is 6.24. The highest BCUT2D eigenvalue weighted by atomic mass is 16.5. The van der Waals surface area contributed by atoms with Crippen LogP contribution >= 0.6 is 0 Å². The predicted molar refractivity (Wildman–Crippen MR) is 66.4 cm³/mol. The summed E-state index contributed by atoms with van der Waals surface area (Å²) in [5.41, 5.74) is -0.954. The van der Waals surface area contributed by atoms with E-state index in [9.17, 15) is 9.59 Å². The zero-order chi connectivity index (χ0) is 13.8. The largest absolute Gasteiger partial charge is 0.481 e. The molecular formula is C12H22N2O4. The van der Waals surface area contributed by atoms with Crippen molar-refractivity contribution in [1.82, 2.24) is 10.6 Å². The van der Waals surface area contributed by atoms with Crippen LogP contribution in [0.1, 0.15) is 33.6 Å². The van der Waals surface area contributed by atoms with Gasteiger partial charge in [0.1, 0.15) is 0 Å². The fourth-order valence-electron chi connectivity index (χ4n) is 1.67. The van der Waals surface area contributed by atoms with Gasteiger partial charge in [-0.1, -0.05) is 0 Å². The summed E-state index contributed by atoms with van der Waals surface area (Å²) in [5, 5.41) is 14.3. The van der Waals surface area contributed by atoms with Crippen molar-refractivity contribution >= 4 is 12.0 Å². The van der Waals surface area contributed by atoms with E-state index in [-0.39, 0.29) is 24.7 Å². The van der Waals surface area contributed by atoms with Crippen molar-refractivity contribution in [2.45, 2.75) is 45.8 Å². The van der Waals surface area contributed by atoms with Crippen LogP contribution in [-0.2, 0) is 9.53 Å². The summed E-state index contributed by atoms with van der Waals surface area (Å²) in [6, 6.07) is -0.182. The molecule has 0 radical (unpaired) electrons. The van der Waals surface area contributed by atoms with Crippen molar-refractivity contribution < 1.29 is 19.4 Å². The third-order valence-electron chi connectivity index (χ3n) is 3.10. The summed E-state index contributed by atoms with van der Waals surface area (Å²) < 4.78 is 5.39. The van der Waals surface area contributed by atoms with Crippen LogP contribution in [0.4, 0.5) is 4.79 Å². The van der Waals surface area contributed by atoms with E-state index < -0.39 is 11.4 Å². The minimum Gasteiger partial charge on any atom is -0.481 e. The molecule has 1 fully saturated rings. The zero-order valence-electron chi connectivity index (χ0n) is 11.2. The highest BCUT2D eigenvalue weighted by molar-refractivity contribution is 5.77. The number of carbonyl (C=O) groups is 2. The molecule has 3 N–H and O–H groups in total. The maximum absolute atomic E-state index is 11.5. The van der Waals surface area contributed by atoms with Gasteiger partial charge in [-0.05, 0) is 33.6 Å². The Hall–Kier alpha value is -1.30. The standard InChI is InChI=1S/C12H22N2O4/c1-4-18-9-5-8(6-9)14-11(17)13-7-12(2,3)10(15)16/h8-9H,4-7H2,1-3H3,(H,15,16)(H2,13,14,17). The molecule has 0 heterocycles. The van der Waals surface area contributed by atoms with Gasteiger partial charge in [-0.3, -0.25) is 4.79 Å². The molecule has 0 saturated heterocycles. The summed E-state index contributed by atoms with van der Waals surface area (Å²) in [6.45, 7) is 5.89. The van der Waals surface area contributed by atoms with Gasteiger partial charge in [0.15, 0.2) is 0 Å². The lowest BCUT2D eigenvalue weighted by atomic mass is 9.89. The highest BCUT2D eigenvalue weighted by Crippen LogP contribution is 2.23. The topological polar surface area (TPSA) is 87.7 Å². The molecule has 0 unspecified atom stereocenters. The van der Waals surface area contributed by atoms with Gasteiger partial charge in [-0.2, -0.15) is 0 Å². The van der Waals surface area contributed by atoms with E-state index in [1.807, 2.05) is 6.92 Å². The van der Waals surface area contributed by atoms with Crippen molar-refractivity contribution in [1.29, 1.82) is 0 Å². The molecule has 1 rings (SSSR count). The van der Waals surface area contributed by atoms with Crippen molar-refractivity contribution in [2.75, 3.05) is 13.2 Å². The first kappa shape index (κ1) is 14.8. The van der Waals surface area contributed by atoms with Gasteiger partial charge in [0.25, 0.3) is 0 Å². The molecule has 0 bridgehead atoms. The van der Waals surface area contributed by atoms with Gasteiger partial charge in [0.2, 0.25) is 0 Å². The van der Waals surface area contributed by atoms with Gasteiger partial charge >= 0.3 is 12.0 Å². The average Bonchev–Trinajstić information content (AvgIpc) is 2.23. The maximum atomic E-state index is 11.5. The van der Waals surface area contributed by atoms with E-state index in [1.54, 1.807) is 13.8 Å². The Morgan fingerprint density at radius 2 is 2.00 bits per heavy atom. The molecule has 2 amide bonds. The van der Waals surface area contributed by atoms with Gasteiger partial charge in [-0.25, -0.2) is 4.79 Å². The molecule has 0 aliphatic heterocycles. The lowest BCUT2D eigenvalue weighted by Crippen LogP contribution is -2.52. The number of carbonyl (C=O) groups excluding carboxylic acids is 1. The minimum absolute atomic E-state index is 0.107. The van der Waals surface area contributed by atoms with Crippen LogP contribution in [0.25, 0.3) is 0 Å². The Morgan fingerprint density at radius 1 is 1.39 bits per heavy atom. The van der Waals surface area contributed by atoms with E-state index in [1.165, 1.54) is 0 Å². The Labute approximate surface area is 107 Å². The molecule has 0 aromatic carbocycles. The summed E-state index contributed by atoms with van der Waals surface area (Å²) in [7, 11) is 0. The second-order valence-corrected chi connectivity index (χ2v) is 5.26. The number of urea groups is 1. The maximum Gasteiger partial charge on any atom is 0.315 e. The second-order valence-electron chi connectivity index (χ2n) is 5.26. The van der Waals surface area contributed by atoms with Crippen molar-refractivity contribution in [2.24, 2.45) is 5.41 Å². The van der Waals surface area contributed by atoms with Gasteiger partial charge in [0, 0.05) is 19.2 Å². The van der Waals surface area contributed by atoms with Gasteiger partial charge in [0.05, 0.1) is 11.5 Å². The molecule has 6 nitrogen and oxygen atoms in total. The Balaban J connectivity index is 2.18. The molecule has 0 aromatic heterocycles. The number of hydrogen-bond acceptors (Lipinski definition) is 3. The molecular weight excluding hydrogens is 236 g/mol. The fourth-order valence-corrected chi connectivity index (χ4v) is 1.67. The second kappa shape index (κ2) is 6.04. The van der Waals surface area contributed by atoms with Crippen LogP contribution in [0.3, 0.4) is 0 Å². The highest BCUT2D eigenvalue weighted by Gasteiger charge is 2.32. The molecule has 1 aliphatic carbocycles. The first-order chi connectivity index (χ1) is 8.35. The van der Waals surface area contributed by atoms with Gasteiger partial charge in [-0.15, -0.1) is 0 Å². The smallest absolute Gasteiger partial charge is 0.315 e. The molecule has 18 heavy (non-hydrogen) atoms. The quantitative estimate of drug-likeness (QED) is 0.662. The molecule has 0 aromatic rings. The molecule has 1 aliphatic rings. The SMILES string of the molecule is CCOC1CC(NC(=O)NCC(C)(C)C(=O)O)C1. The van der Waals surface area contributed by atoms with E-state index >= 15 is 0 Å². The summed E-state index contributed by atoms with van der Waals surface area (Å²) in [5.74, 6) is -0.928. The van der Waals surface area contributed by atoms with E-state index in [0.717, 1.165) is 12.8 Å². The number of amides is 2. The number of aliphatic carboxylic acids is 1. The zero-order valence-corrected chi connectivity index (χ0v) is 11.2. The van der Waals surface area contributed by atoms with E-state index in [2.05, 4.69) is 10.6 Å². The van der Waals surface area contributed by atoms with Gasteiger partial charge < -0.3 is 20.5 Å². The number of nitrogens with one attached hydrogen (secondary N) is 2. The summed E-state index contributed by atoms with van der Waals surface area (Å²) >= 11 is 0. The fraction of sp³-hybridized carbons (Fsp3) is 0.833. The minimum atomic E-state index is -0.954. The Bertz CT molecular complexity index is 311. The van der Waals surface area contributed by atoms with Crippen LogP contribution in [0.2, 0.25) is 0 Å². The molecule has 104 valence electrons. The monoisotopic (exact) mass is 258 g/mol. The third-order valence-corrected chi connectivity index (χ3v) is 3.10. The Morgan fingerprint density at radius 3 is 2.50 bits per heavy atom. The molecule has 0 spiro atoms. The normalized spacial score (nSPS) is 23.1. The summed E-state index contributed by atoms with van der Waals surface area (Å²) in [4.78, 5) is 22.4.